The molecule has 16 heavy (non-hydrogen) atoms. The molecule has 1 rings (SSSR count). The Morgan fingerprint density at radius 2 is 1.56 bits per heavy atom. The van der Waals surface area contributed by atoms with E-state index in [4.69, 9.17) is 12.6 Å². The van der Waals surface area contributed by atoms with Crippen LogP contribution in [0.2, 0.25) is 0 Å². The molecule has 0 aliphatic carbocycles. The molecular weight excluding hydrogens is 207 g/mol. The van der Waals surface area contributed by atoms with Crippen LogP contribution in [-0.2, 0) is 4.74 Å². The molecule has 0 saturated carbocycles. The zero-order valence-corrected chi connectivity index (χ0v) is 9.70. The van der Waals surface area contributed by atoms with Gasteiger partial charge in [0.2, 0.25) is 0 Å². The summed E-state index contributed by atoms with van der Waals surface area (Å²) < 4.78 is 5.18. The highest BCUT2D eigenvalue weighted by atomic mass is 16.6. The number of benzene rings is 1. The second-order valence-electron chi connectivity index (χ2n) is 4.12. The highest BCUT2D eigenvalue weighted by Crippen LogP contribution is 2.10. The minimum absolute atomic E-state index is 0. The molecule has 0 amide bonds. The van der Waals surface area contributed by atoms with Crippen molar-refractivity contribution in [3.8, 4) is 0 Å². The van der Waals surface area contributed by atoms with Gasteiger partial charge >= 0.3 is 5.97 Å². The lowest BCUT2D eigenvalue weighted by molar-refractivity contribution is 0.00696. The number of hydrogen-bond acceptors (Lipinski definition) is 2. The van der Waals surface area contributed by atoms with E-state index in [-0.39, 0.29) is 16.9 Å². The average Bonchev–Trinajstić information content (AvgIpc) is 2.02. The molecule has 0 aromatic heterocycles. The van der Waals surface area contributed by atoms with Gasteiger partial charge in [-0.15, -0.1) is 0 Å². The second kappa shape index (κ2) is 6.30. The molecule has 88 valence electrons. The molecule has 0 heterocycles. The minimum atomic E-state index is -0.460. The summed E-state index contributed by atoms with van der Waals surface area (Å²) in [4.78, 5) is 11.5. The van der Waals surface area contributed by atoms with Crippen LogP contribution in [0.5, 0.6) is 0 Å². The Morgan fingerprint density at radius 3 is 1.94 bits per heavy atom. The van der Waals surface area contributed by atoms with Gasteiger partial charge in [-0.1, -0.05) is 17.6 Å². The van der Waals surface area contributed by atoms with Crippen molar-refractivity contribution >= 4 is 19.3 Å². The smallest absolute Gasteiger partial charge is 0.338 e. The summed E-state index contributed by atoms with van der Waals surface area (Å²) in [7, 11) is 5.50. The maximum atomic E-state index is 11.5. The predicted molar refractivity (Wildman–Crippen MR) is 64.2 cm³/mol. The van der Waals surface area contributed by atoms with Crippen molar-refractivity contribution in [3.63, 3.8) is 0 Å². The van der Waals surface area contributed by atoms with Crippen molar-refractivity contribution in [1.82, 2.24) is 0 Å². The third-order valence-corrected chi connectivity index (χ3v) is 1.55. The highest BCUT2D eigenvalue weighted by Gasteiger charge is 2.17. The average molecular weight is 224 g/mol. The Bertz CT molecular complexity index is 327. The Balaban J connectivity index is 0. The third kappa shape index (κ3) is 5.53. The number of esters is 1. The molecule has 0 bridgehead atoms. The third-order valence-electron chi connectivity index (χ3n) is 1.55. The number of carbonyl (C=O) groups excluding carboxylic acids is 1. The van der Waals surface area contributed by atoms with Crippen LogP contribution >= 0.6 is 0 Å². The van der Waals surface area contributed by atoms with E-state index >= 15 is 0 Å². The molecule has 4 nitrogen and oxygen atoms in total. The zero-order valence-electron chi connectivity index (χ0n) is 9.70. The number of hydrogen-bond donors (Lipinski definition) is 0. The number of ether oxygens (including phenoxy) is 1. The van der Waals surface area contributed by atoms with E-state index < -0.39 is 5.60 Å². The van der Waals surface area contributed by atoms with Gasteiger partial charge in [0.25, 0.3) is 0 Å². The Morgan fingerprint density at radius 1 is 1.12 bits per heavy atom. The fourth-order valence-electron chi connectivity index (χ4n) is 0.956. The lowest BCUT2D eigenvalue weighted by Crippen LogP contribution is -2.24. The van der Waals surface area contributed by atoms with Crippen molar-refractivity contribution in [2.24, 2.45) is 0 Å². The molecule has 5 heteroatoms. The molecule has 0 aliphatic heterocycles. The molecule has 1 aromatic rings. The second-order valence-corrected chi connectivity index (χ2v) is 4.12. The molecule has 4 N–H and O–H groups in total. The lowest BCUT2D eigenvalue weighted by atomic mass is 9.95. The van der Waals surface area contributed by atoms with Gasteiger partial charge in [0.15, 0.2) is 0 Å². The van der Waals surface area contributed by atoms with Gasteiger partial charge in [0.1, 0.15) is 13.4 Å². The summed E-state index contributed by atoms with van der Waals surface area (Å²) in [6.07, 6.45) is 0. The highest BCUT2D eigenvalue weighted by molar-refractivity contribution is 6.32. The molecule has 0 fully saturated rings. The summed E-state index contributed by atoms with van der Waals surface area (Å²) in [6, 6.07) is 6.67. The minimum Gasteiger partial charge on any atom is -0.456 e. The van der Waals surface area contributed by atoms with Crippen molar-refractivity contribution in [1.29, 1.82) is 0 Å². The monoisotopic (exact) mass is 224 g/mol. The summed E-state index contributed by atoms with van der Waals surface area (Å²) in [5, 5.41) is 0. The van der Waals surface area contributed by atoms with Crippen molar-refractivity contribution < 1.29 is 20.5 Å². The van der Waals surface area contributed by atoms with E-state index in [0.29, 0.717) is 11.0 Å². The van der Waals surface area contributed by atoms with Crippen molar-refractivity contribution in [2.45, 2.75) is 26.4 Å². The summed E-state index contributed by atoms with van der Waals surface area (Å²) >= 11 is 0. The van der Waals surface area contributed by atoms with Gasteiger partial charge in [-0.25, -0.2) is 4.79 Å². The van der Waals surface area contributed by atoms with Crippen molar-refractivity contribution in [2.75, 3.05) is 0 Å². The van der Waals surface area contributed by atoms with Crippen LogP contribution in [0.15, 0.2) is 24.3 Å². The standard InChI is InChI=1S/C11H13BO2.2H2O/c1-11(2,3)14-10(13)8-4-6-9(12)7-5-8;;/h4-7H,1-3H3;2*1H2. The SMILES string of the molecule is O.O.[B]c1ccc(C(=O)OC(C)(C)C)cc1. The van der Waals surface area contributed by atoms with Gasteiger partial charge in [0.05, 0.1) is 5.56 Å². The number of rotatable bonds is 1. The molecule has 2 radical (unpaired) electrons. The molecule has 0 aliphatic rings. The van der Waals surface area contributed by atoms with Gasteiger partial charge in [-0.3, -0.25) is 0 Å². The van der Waals surface area contributed by atoms with E-state index in [9.17, 15) is 4.79 Å². The Hall–Kier alpha value is -1.33. The zero-order chi connectivity index (χ0) is 10.8. The predicted octanol–water partition coefficient (Wildman–Crippen LogP) is -0.214. The lowest BCUT2D eigenvalue weighted by Gasteiger charge is -2.19. The molecule has 0 spiro atoms. The van der Waals surface area contributed by atoms with Gasteiger partial charge in [0, 0.05) is 0 Å². The molecule has 0 saturated heterocycles. The van der Waals surface area contributed by atoms with E-state index in [2.05, 4.69) is 0 Å². The molecule has 0 unspecified atom stereocenters. The van der Waals surface area contributed by atoms with E-state index in [1.165, 1.54) is 0 Å². The van der Waals surface area contributed by atoms with E-state index in [0.717, 1.165) is 0 Å². The summed E-state index contributed by atoms with van der Waals surface area (Å²) in [6.45, 7) is 5.51. The summed E-state index contributed by atoms with van der Waals surface area (Å²) in [5.41, 5.74) is 0.699. The normalized spacial score (nSPS) is 9.69. The fourth-order valence-corrected chi connectivity index (χ4v) is 0.956. The van der Waals surface area contributed by atoms with Crippen LogP contribution in [0.1, 0.15) is 31.1 Å². The van der Waals surface area contributed by atoms with Gasteiger partial charge in [-0.2, -0.15) is 0 Å². The van der Waals surface area contributed by atoms with E-state index in [1.807, 2.05) is 20.8 Å². The quantitative estimate of drug-likeness (QED) is 0.487. The maximum absolute atomic E-state index is 11.5. The van der Waals surface area contributed by atoms with Gasteiger partial charge < -0.3 is 15.7 Å². The molecule has 0 atom stereocenters. The van der Waals surface area contributed by atoms with Crippen LogP contribution in [-0.4, -0.2) is 30.4 Å². The van der Waals surface area contributed by atoms with Gasteiger partial charge in [-0.05, 0) is 32.9 Å². The van der Waals surface area contributed by atoms with Crippen molar-refractivity contribution in [3.05, 3.63) is 29.8 Å². The van der Waals surface area contributed by atoms with Crippen LogP contribution < -0.4 is 5.46 Å². The Kier molecular flexibility index (Phi) is 6.73. The maximum Gasteiger partial charge on any atom is 0.338 e. The first-order valence-corrected chi connectivity index (χ1v) is 4.47. The molecule has 1 aromatic carbocycles. The van der Waals surface area contributed by atoms with Crippen LogP contribution in [0.25, 0.3) is 0 Å². The Labute approximate surface area is 96.6 Å². The molecular formula is C11H17BO4. The first-order valence-electron chi connectivity index (χ1n) is 4.47. The topological polar surface area (TPSA) is 89.3 Å². The first kappa shape index (κ1) is 17.1. The first-order chi connectivity index (χ1) is 6.38. The number of carbonyl (C=O) groups is 1. The fraction of sp³-hybridized carbons (Fsp3) is 0.364. The summed E-state index contributed by atoms with van der Waals surface area (Å²) in [5.74, 6) is -0.322. The largest absolute Gasteiger partial charge is 0.456 e. The van der Waals surface area contributed by atoms with Crippen LogP contribution in [0.3, 0.4) is 0 Å². The van der Waals surface area contributed by atoms with Crippen LogP contribution in [0, 0.1) is 0 Å². The van der Waals surface area contributed by atoms with Crippen LogP contribution in [0.4, 0.5) is 0 Å². The van der Waals surface area contributed by atoms with E-state index in [1.54, 1.807) is 24.3 Å².